The third-order valence-corrected chi connectivity index (χ3v) is 5.70. The molecule has 0 unspecified atom stereocenters. The number of aromatic nitrogens is 3. The zero-order chi connectivity index (χ0) is 24.6. The molecule has 0 aliphatic carbocycles. The first kappa shape index (κ1) is 22.4. The number of alkyl halides is 3. The summed E-state index contributed by atoms with van der Waals surface area (Å²) in [4.78, 5) is 22.4. The molecule has 2 aromatic heterocycles. The van der Waals surface area contributed by atoms with Crippen molar-refractivity contribution in [3.8, 4) is 5.69 Å². The Kier molecular flexibility index (Phi) is 5.60. The number of hydrogen-bond acceptors (Lipinski definition) is 4. The van der Waals surface area contributed by atoms with E-state index < -0.39 is 17.6 Å². The van der Waals surface area contributed by atoms with Crippen LogP contribution in [0.3, 0.4) is 0 Å². The molecule has 0 spiro atoms. The van der Waals surface area contributed by atoms with Gasteiger partial charge in [-0.05, 0) is 42.3 Å². The van der Waals surface area contributed by atoms with Crippen LogP contribution in [0.5, 0.6) is 0 Å². The Morgan fingerprint density at radius 3 is 2.31 bits per heavy atom. The van der Waals surface area contributed by atoms with E-state index in [0.29, 0.717) is 24.0 Å². The summed E-state index contributed by atoms with van der Waals surface area (Å²) in [6, 6.07) is 21.4. The molecule has 2 heterocycles. The maximum absolute atomic E-state index is 13.4. The molecule has 0 bridgehead atoms. The number of fused-ring (bicyclic) bond motifs is 2. The zero-order valence-corrected chi connectivity index (χ0v) is 18.4. The second kappa shape index (κ2) is 8.75. The number of benzene rings is 3. The van der Waals surface area contributed by atoms with Crippen LogP contribution in [0, 0.1) is 0 Å². The van der Waals surface area contributed by atoms with E-state index in [4.69, 9.17) is 5.73 Å². The smallest absolute Gasteiger partial charge is 0.384 e. The molecule has 0 aliphatic heterocycles. The SMILES string of the molecule is Nc1c(C(=O)NCCc2ccccc2)c2nc3ccccc3nc2n1-c1cccc(C(F)(F)F)c1. The van der Waals surface area contributed by atoms with Gasteiger partial charge in [-0.2, -0.15) is 13.2 Å². The van der Waals surface area contributed by atoms with Crippen LogP contribution in [0.4, 0.5) is 19.0 Å². The highest BCUT2D eigenvalue weighted by molar-refractivity contribution is 6.11. The van der Waals surface area contributed by atoms with Gasteiger partial charge in [0.05, 0.1) is 16.6 Å². The van der Waals surface area contributed by atoms with Crippen molar-refractivity contribution >= 4 is 33.9 Å². The van der Waals surface area contributed by atoms with Crippen molar-refractivity contribution in [2.45, 2.75) is 12.6 Å². The van der Waals surface area contributed by atoms with Gasteiger partial charge in [0.15, 0.2) is 5.65 Å². The molecule has 5 rings (SSSR count). The van der Waals surface area contributed by atoms with Gasteiger partial charge in [0.25, 0.3) is 5.91 Å². The number of rotatable bonds is 5. The topological polar surface area (TPSA) is 85.8 Å². The van der Waals surface area contributed by atoms with Crippen molar-refractivity contribution in [3.63, 3.8) is 0 Å². The summed E-state index contributed by atoms with van der Waals surface area (Å²) in [5, 5.41) is 2.85. The minimum Gasteiger partial charge on any atom is -0.384 e. The van der Waals surface area contributed by atoms with Crippen molar-refractivity contribution in [1.29, 1.82) is 0 Å². The van der Waals surface area contributed by atoms with Crippen LogP contribution in [0.25, 0.3) is 27.9 Å². The van der Waals surface area contributed by atoms with E-state index in [1.165, 1.54) is 16.7 Å². The second-order valence-corrected chi connectivity index (χ2v) is 8.02. The van der Waals surface area contributed by atoms with Gasteiger partial charge in [0, 0.05) is 12.2 Å². The number of nitrogens with two attached hydrogens (primary N) is 1. The van der Waals surface area contributed by atoms with Gasteiger partial charge in [-0.15, -0.1) is 0 Å². The lowest BCUT2D eigenvalue weighted by Crippen LogP contribution is -2.26. The Labute approximate surface area is 198 Å². The first-order chi connectivity index (χ1) is 16.8. The summed E-state index contributed by atoms with van der Waals surface area (Å²) in [5.74, 6) is -0.509. The van der Waals surface area contributed by atoms with E-state index in [1.807, 2.05) is 30.3 Å². The number of nitrogens with one attached hydrogen (secondary N) is 1. The maximum Gasteiger partial charge on any atom is 0.416 e. The Balaban J connectivity index is 1.62. The van der Waals surface area contributed by atoms with Gasteiger partial charge in [-0.1, -0.05) is 48.5 Å². The molecule has 0 aliphatic rings. The maximum atomic E-state index is 13.4. The van der Waals surface area contributed by atoms with Crippen molar-refractivity contribution in [1.82, 2.24) is 19.9 Å². The van der Waals surface area contributed by atoms with Crippen LogP contribution < -0.4 is 11.1 Å². The Morgan fingerprint density at radius 2 is 1.60 bits per heavy atom. The molecule has 0 radical (unpaired) electrons. The molecule has 0 saturated heterocycles. The molecule has 35 heavy (non-hydrogen) atoms. The minimum absolute atomic E-state index is 0.0353. The van der Waals surface area contributed by atoms with Gasteiger partial charge in [-0.25, -0.2) is 9.97 Å². The highest BCUT2D eigenvalue weighted by Gasteiger charge is 2.31. The van der Waals surface area contributed by atoms with Crippen LogP contribution in [-0.4, -0.2) is 27.0 Å². The molecule has 0 atom stereocenters. The molecule has 176 valence electrons. The van der Waals surface area contributed by atoms with Crippen LogP contribution in [-0.2, 0) is 12.6 Å². The number of carbonyl (C=O) groups is 1. The highest BCUT2D eigenvalue weighted by atomic mass is 19.4. The average molecular weight is 475 g/mol. The fourth-order valence-electron chi connectivity index (χ4n) is 4.02. The molecule has 3 N–H and O–H groups in total. The van der Waals surface area contributed by atoms with Gasteiger partial charge >= 0.3 is 6.18 Å². The minimum atomic E-state index is -4.54. The first-order valence-electron chi connectivity index (χ1n) is 10.9. The summed E-state index contributed by atoms with van der Waals surface area (Å²) < 4.78 is 41.5. The number of halogens is 3. The largest absolute Gasteiger partial charge is 0.416 e. The number of amides is 1. The van der Waals surface area contributed by atoms with E-state index in [-0.39, 0.29) is 28.2 Å². The van der Waals surface area contributed by atoms with E-state index in [2.05, 4.69) is 15.3 Å². The summed E-state index contributed by atoms with van der Waals surface area (Å²) >= 11 is 0. The van der Waals surface area contributed by atoms with Crippen molar-refractivity contribution in [2.24, 2.45) is 0 Å². The lowest BCUT2D eigenvalue weighted by Gasteiger charge is -2.12. The predicted molar refractivity (Wildman–Crippen MR) is 128 cm³/mol. The average Bonchev–Trinajstić information content (AvgIpc) is 3.13. The zero-order valence-electron chi connectivity index (χ0n) is 18.4. The normalized spacial score (nSPS) is 11.7. The second-order valence-electron chi connectivity index (χ2n) is 8.02. The van der Waals surface area contributed by atoms with Crippen LogP contribution in [0.15, 0.2) is 78.9 Å². The van der Waals surface area contributed by atoms with Gasteiger partial charge in [0.1, 0.15) is 16.9 Å². The van der Waals surface area contributed by atoms with Crippen molar-refractivity contribution in [3.05, 3.63) is 95.6 Å². The Morgan fingerprint density at radius 1 is 0.914 bits per heavy atom. The molecule has 5 aromatic rings. The summed E-state index contributed by atoms with van der Waals surface area (Å²) in [7, 11) is 0. The highest BCUT2D eigenvalue weighted by Crippen LogP contribution is 2.34. The number of para-hydroxylation sites is 2. The molecule has 9 heteroatoms. The summed E-state index contributed by atoms with van der Waals surface area (Å²) in [5.41, 5.74) is 8.31. The van der Waals surface area contributed by atoms with Crippen LogP contribution in [0.1, 0.15) is 21.5 Å². The predicted octanol–water partition coefficient (Wildman–Crippen LogP) is 5.15. The fourth-order valence-corrected chi connectivity index (χ4v) is 4.02. The Bertz CT molecular complexity index is 1540. The number of anilines is 1. The summed E-state index contributed by atoms with van der Waals surface area (Å²) in [6.45, 7) is 0.347. The van der Waals surface area contributed by atoms with Gasteiger partial charge < -0.3 is 11.1 Å². The van der Waals surface area contributed by atoms with Crippen molar-refractivity contribution < 1.29 is 18.0 Å². The third kappa shape index (κ3) is 4.28. The van der Waals surface area contributed by atoms with Crippen LogP contribution in [0.2, 0.25) is 0 Å². The van der Waals surface area contributed by atoms with Gasteiger partial charge in [0.2, 0.25) is 0 Å². The number of nitrogen functional groups attached to an aromatic ring is 1. The van der Waals surface area contributed by atoms with E-state index in [9.17, 15) is 18.0 Å². The monoisotopic (exact) mass is 475 g/mol. The quantitative estimate of drug-likeness (QED) is 0.368. The first-order valence-corrected chi connectivity index (χ1v) is 10.9. The third-order valence-electron chi connectivity index (χ3n) is 5.70. The lowest BCUT2D eigenvalue weighted by molar-refractivity contribution is -0.137. The molecule has 0 saturated carbocycles. The van der Waals surface area contributed by atoms with E-state index >= 15 is 0 Å². The molecular formula is C26H20F3N5O. The van der Waals surface area contributed by atoms with E-state index in [1.54, 1.807) is 24.3 Å². The molecule has 6 nitrogen and oxygen atoms in total. The molecule has 3 aromatic carbocycles. The lowest BCUT2D eigenvalue weighted by atomic mass is 10.1. The fraction of sp³-hybridized carbons (Fsp3) is 0.115. The van der Waals surface area contributed by atoms with Crippen LogP contribution >= 0.6 is 0 Å². The van der Waals surface area contributed by atoms with Gasteiger partial charge in [-0.3, -0.25) is 9.36 Å². The number of carbonyl (C=O) groups excluding carboxylic acids is 1. The molecule has 1 amide bonds. The molecule has 0 fully saturated rings. The standard InChI is InChI=1S/C26H20F3N5O/c27-26(28,29)17-9-6-10-18(15-17)34-23(30)21(25(35)31-14-13-16-7-2-1-3-8-16)22-24(34)33-20-12-5-4-11-19(20)32-22/h1-12,15H,13-14,30H2,(H,31,35). The van der Waals surface area contributed by atoms with Crippen molar-refractivity contribution in [2.75, 3.05) is 12.3 Å². The molecular weight excluding hydrogens is 455 g/mol. The summed E-state index contributed by atoms with van der Waals surface area (Å²) in [6.07, 6.45) is -3.93. The number of hydrogen-bond donors (Lipinski definition) is 2. The van der Waals surface area contributed by atoms with E-state index in [0.717, 1.165) is 17.7 Å². The Hall–Kier alpha value is -4.40. The number of nitrogens with zero attached hydrogens (tertiary/aromatic N) is 3.